The second kappa shape index (κ2) is 10.5. The molecule has 2 aromatic carbocycles. The van der Waals surface area contributed by atoms with E-state index in [1.165, 1.54) is 33.3 Å². The maximum Gasteiger partial charge on any atom is 0.423 e. The Kier molecular flexibility index (Phi) is 7.30. The van der Waals surface area contributed by atoms with Gasteiger partial charge >= 0.3 is 5.76 Å². The Labute approximate surface area is 211 Å². The highest BCUT2D eigenvalue weighted by Gasteiger charge is 2.28. The fourth-order valence-corrected chi connectivity index (χ4v) is 4.06. The van der Waals surface area contributed by atoms with E-state index in [4.69, 9.17) is 9.15 Å². The molecule has 0 bridgehead atoms. The van der Waals surface area contributed by atoms with Crippen molar-refractivity contribution in [3.05, 3.63) is 104 Å². The Hall–Kier alpha value is -4.52. The first-order valence-electron chi connectivity index (χ1n) is 11.0. The van der Waals surface area contributed by atoms with Crippen molar-refractivity contribution in [2.75, 3.05) is 14.2 Å². The van der Waals surface area contributed by atoms with Gasteiger partial charge in [0.1, 0.15) is 29.3 Å². The number of ether oxygens (including phenoxy) is 1. The zero-order valence-electron chi connectivity index (χ0n) is 20.2. The van der Waals surface area contributed by atoms with Gasteiger partial charge in [0.15, 0.2) is 11.3 Å². The maximum atomic E-state index is 14.0. The minimum Gasteiger partial charge on any atom is -0.493 e. The Morgan fingerprint density at radius 2 is 1.53 bits per heavy atom. The van der Waals surface area contributed by atoms with Crippen LogP contribution in [0.3, 0.4) is 0 Å². The van der Waals surface area contributed by atoms with Crippen LogP contribution in [0.25, 0.3) is 11.1 Å². The third-order valence-corrected chi connectivity index (χ3v) is 5.74. The van der Waals surface area contributed by atoms with Crippen molar-refractivity contribution in [2.45, 2.75) is 19.0 Å². The molecule has 0 spiro atoms. The lowest BCUT2D eigenvalue weighted by Crippen LogP contribution is -2.48. The number of hydrogen-bond donors (Lipinski definition) is 1. The molecule has 0 radical (unpaired) electrons. The van der Waals surface area contributed by atoms with E-state index >= 15 is 0 Å². The van der Waals surface area contributed by atoms with E-state index < -0.39 is 52.6 Å². The average Bonchev–Trinajstić information content (AvgIpc) is 2.82. The number of carbonyl (C=O) groups is 1. The van der Waals surface area contributed by atoms with Gasteiger partial charge in [0, 0.05) is 31.4 Å². The number of nitrogens with zero attached hydrogens (tertiary/aromatic N) is 3. The molecule has 13 heteroatoms. The van der Waals surface area contributed by atoms with Crippen LogP contribution in [0, 0.1) is 23.3 Å². The lowest BCUT2D eigenvalue weighted by molar-refractivity contribution is -0.129. The van der Waals surface area contributed by atoms with E-state index in [0.29, 0.717) is 16.7 Å². The number of nitrogens with one attached hydrogen (secondary N) is 1. The van der Waals surface area contributed by atoms with Gasteiger partial charge in [-0.15, -0.1) is 0 Å². The maximum absolute atomic E-state index is 14.0. The van der Waals surface area contributed by atoms with Gasteiger partial charge in [-0.25, -0.2) is 36.9 Å². The summed E-state index contributed by atoms with van der Waals surface area (Å²) in [5.41, 5.74) is 0.835. The van der Waals surface area contributed by atoms with Crippen LogP contribution in [0.15, 0.2) is 62.7 Å². The number of fused-ring (bicyclic) bond motifs is 1. The summed E-state index contributed by atoms with van der Waals surface area (Å²) >= 11 is 0. The molecule has 1 amide bonds. The van der Waals surface area contributed by atoms with Gasteiger partial charge in [-0.1, -0.05) is 0 Å². The molecule has 4 rings (SSSR count). The van der Waals surface area contributed by atoms with Crippen LogP contribution < -0.4 is 21.5 Å². The van der Waals surface area contributed by atoms with Gasteiger partial charge < -0.3 is 9.15 Å². The molecule has 0 aliphatic carbocycles. The van der Waals surface area contributed by atoms with Crippen molar-refractivity contribution in [2.24, 2.45) is 0 Å². The third kappa shape index (κ3) is 5.13. The second-order valence-electron chi connectivity index (χ2n) is 8.31. The Bertz CT molecular complexity index is 1560. The van der Waals surface area contributed by atoms with E-state index in [1.807, 2.05) is 0 Å². The number of methoxy groups -OCH3 is 1. The molecule has 0 saturated heterocycles. The zero-order valence-corrected chi connectivity index (χ0v) is 20.2. The van der Waals surface area contributed by atoms with Crippen LogP contribution in [-0.2, 0) is 4.79 Å². The highest BCUT2D eigenvalue weighted by molar-refractivity contribution is 5.81. The van der Waals surface area contributed by atoms with Crippen LogP contribution in [0.1, 0.15) is 30.1 Å². The van der Waals surface area contributed by atoms with Crippen LogP contribution in [0.5, 0.6) is 5.75 Å². The first-order chi connectivity index (χ1) is 18.0. The van der Waals surface area contributed by atoms with E-state index in [0.717, 1.165) is 29.3 Å². The largest absolute Gasteiger partial charge is 0.493 e. The molecule has 0 saturated carbocycles. The number of pyridine rings is 1. The van der Waals surface area contributed by atoms with Crippen molar-refractivity contribution >= 4 is 17.0 Å². The number of hydrazine groups is 1. The highest BCUT2D eigenvalue weighted by atomic mass is 19.1. The molecule has 1 atom stereocenters. The Balaban J connectivity index is 1.72. The summed E-state index contributed by atoms with van der Waals surface area (Å²) in [5.74, 6) is -5.86. The minimum absolute atomic E-state index is 0.0818. The summed E-state index contributed by atoms with van der Waals surface area (Å²) < 4.78 is 66.8. The smallest absolute Gasteiger partial charge is 0.423 e. The zero-order chi connectivity index (χ0) is 27.7. The average molecular weight is 532 g/mol. The van der Waals surface area contributed by atoms with Gasteiger partial charge in [-0.2, -0.15) is 0 Å². The standard InChI is InChI=1S/C25H20F4N4O5/c1-12(33-24(35)20-22(38-25(33)36)19(37-3)4-5-30-20)23(34)31-32(2)21(13-6-15(26)10-16(27)7-13)14-8-17(28)11-18(29)9-14/h4-12,21H,1-3H3,(H,31,34)/t12-/m0/s1. The number of carbonyl (C=O) groups excluding carboxylic acids is 1. The lowest BCUT2D eigenvalue weighted by Gasteiger charge is -2.30. The molecule has 38 heavy (non-hydrogen) atoms. The molecule has 198 valence electrons. The van der Waals surface area contributed by atoms with Crippen LogP contribution >= 0.6 is 0 Å². The van der Waals surface area contributed by atoms with Gasteiger partial charge in [0.25, 0.3) is 11.5 Å². The summed E-state index contributed by atoms with van der Waals surface area (Å²) in [6.07, 6.45) is 1.26. The first kappa shape index (κ1) is 26.5. The predicted molar refractivity (Wildman–Crippen MR) is 126 cm³/mol. The monoisotopic (exact) mass is 532 g/mol. The molecule has 0 aliphatic heterocycles. The summed E-state index contributed by atoms with van der Waals surface area (Å²) in [4.78, 5) is 42.7. The lowest BCUT2D eigenvalue weighted by atomic mass is 9.97. The van der Waals surface area contributed by atoms with Crippen molar-refractivity contribution < 1.29 is 31.5 Å². The number of rotatable bonds is 7. The number of aromatic nitrogens is 2. The summed E-state index contributed by atoms with van der Waals surface area (Å²) in [5, 5.41) is 1.04. The summed E-state index contributed by atoms with van der Waals surface area (Å²) in [7, 11) is 2.58. The molecule has 0 fully saturated rings. The topological polar surface area (TPSA) is 107 Å². The minimum atomic E-state index is -1.47. The van der Waals surface area contributed by atoms with E-state index in [1.54, 1.807) is 0 Å². The second-order valence-corrected chi connectivity index (χ2v) is 8.31. The molecular formula is C25H20F4N4O5. The SMILES string of the molecule is COc1ccnc2c(=O)n([C@@H](C)C(=O)NN(C)C(c3cc(F)cc(F)c3)c3cc(F)cc(F)c3)c(=O)oc12. The van der Waals surface area contributed by atoms with Crippen molar-refractivity contribution in [1.29, 1.82) is 0 Å². The molecule has 2 heterocycles. The molecule has 9 nitrogen and oxygen atoms in total. The van der Waals surface area contributed by atoms with Crippen LogP contribution in [-0.4, -0.2) is 34.6 Å². The van der Waals surface area contributed by atoms with Crippen LogP contribution in [0.4, 0.5) is 17.6 Å². The van der Waals surface area contributed by atoms with Gasteiger partial charge in [-0.3, -0.25) is 15.0 Å². The van der Waals surface area contributed by atoms with Gasteiger partial charge in [0.05, 0.1) is 13.2 Å². The van der Waals surface area contributed by atoms with Crippen molar-refractivity contribution in [3.8, 4) is 5.75 Å². The predicted octanol–water partition coefficient (Wildman–Crippen LogP) is 3.23. The van der Waals surface area contributed by atoms with E-state index in [9.17, 15) is 31.9 Å². The normalized spacial score (nSPS) is 12.2. The highest BCUT2D eigenvalue weighted by Crippen LogP contribution is 2.29. The Morgan fingerprint density at radius 3 is 2.03 bits per heavy atom. The van der Waals surface area contributed by atoms with Crippen molar-refractivity contribution in [1.82, 2.24) is 20.0 Å². The molecule has 2 aromatic heterocycles. The quantitative estimate of drug-likeness (QED) is 0.288. The number of amides is 1. The molecule has 1 N–H and O–H groups in total. The number of hydrogen-bond acceptors (Lipinski definition) is 7. The van der Waals surface area contributed by atoms with Gasteiger partial charge in [-0.05, 0) is 42.3 Å². The van der Waals surface area contributed by atoms with Crippen LogP contribution in [0.2, 0.25) is 0 Å². The number of halogens is 4. The van der Waals surface area contributed by atoms with E-state index in [2.05, 4.69) is 10.4 Å². The summed E-state index contributed by atoms with van der Waals surface area (Å²) in [6, 6.07) is 3.60. The Morgan fingerprint density at radius 1 is 1.00 bits per heavy atom. The van der Waals surface area contributed by atoms with Crippen molar-refractivity contribution in [3.63, 3.8) is 0 Å². The molecule has 0 unspecified atom stereocenters. The first-order valence-corrected chi connectivity index (χ1v) is 11.0. The fourth-order valence-electron chi connectivity index (χ4n) is 4.06. The number of benzene rings is 2. The van der Waals surface area contributed by atoms with Gasteiger partial charge in [0.2, 0.25) is 5.58 Å². The molecule has 4 aromatic rings. The fraction of sp³-hybridized carbons (Fsp3) is 0.200. The third-order valence-electron chi connectivity index (χ3n) is 5.74. The molecular weight excluding hydrogens is 512 g/mol. The van der Waals surface area contributed by atoms with E-state index in [-0.39, 0.29) is 28.0 Å². The summed E-state index contributed by atoms with van der Waals surface area (Å²) in [6.45, 7) is 1.23. The molecule has 0 aliphatic rings.